The van der Waals surface area contributed by atoms with Gasteiger partial charge in [-0.1, -0.05) is 6.07 Å². The summed E-state index contributed by atoms with van der Waals surface area (Å²) in [5, 5.41) is 5.99. The number of carbonyl (C=O) groups excluding carboxylic acids is 1. The summed E-state index contributed by atoms with van der Waals surface area (Å²) in [6, 6.07) is 3.64. The number of aryl methyl sites for hydroxylation is 2. The molecule has 0 radical (unpaired) electrons. The lowest BCUT2D eigenvalue weighted by atomic mass is 10.1. The van der Waals surface area contributed by atoms with Crippen LogP contribution in [-0.4, -0.2) is 15.6 Å². The lowest BCUT2D eigenvalue weighted by Gasteiger charge is -1.98. The van der Waals surface area contributed by atoms with Crippen molar-refractivity contribution in [2.45, 2.75) is 6.92 Å². The fraction of sp³-hybridized carbons (Fsp3) is 0.200. The zero-order chi connectivity index (χ0) is 11.0. The predicted octanol–water partition coefficient (Wildman–Crippen LogP) is 1.60. The van der Waals surface area contributed by atoms with Crippen molar-refractivity contribution in [3.05, 3.63) is 33.6 Å². The molecular formula is C10H11N3OS. The van der Waals surface area contributed by atoms with Gasteiger partial charge >= 0.3 is 0 Å². The van der Waals surface area contributed by atoms with Gasteiger partial charge in [0.15, 0.2) is 0 Å². The van der Waals surface area contributed by atoms with Gasteiger partial charge in [-0.05, 0) is 18.4 Å². The lowest BCUT2D eigenvalue weighted by Crippen LogP contribution is -2.05. The van der Waals surface area contributed by atoms with Gasteiger partial charge in [-0.3, -0.25) is 9.48 Å². The largest absolute Gasteiger partial charge is 0.383 e. The molecule has 2 N–H and O–H groups in total. The van der Waals surface area contributed by atoms with Gasteiger partial charge in [-0.2, -0.15) is 5.10 Å². The van der Waals surface area contributed by atoms with Crippen LogP contribution in [0.1, 0.15) is 20.9 Å². The molecule has 0 amide bonds. The maximum Gasteiger partial charge on any atom is 0.208 e. The summed E-state index contributed by atoms with van der Waals surface area (Å²) in [4.78, 5) is 12.7. The first kappa shape index (κ1) is 9.92. The van der Waals surface area contributed by atoms with E-state index in [9.17, 15) is 4.79 Å². The molecule has 2 heterocycles. The molecule has 78 valence electrons. The number of thiophene rings is 1. The Kier molecular flexibility index (Phi) is 2.32. The summed E-state index contributed by atoms with van der Waals surface area (Å²) in [5.41, 5.74) is 6.98. The van der Waals surface area contributed by atoms with E-state index in [0.29, 0.717) is 22.0 Å². The minimum atomic E-state index is -0.0481. The maximum atomic E-state index is 12.0. The number of nitrogens with zero attached hydrogens (tertiary/aromatic N) is 2. The molecular weight excluding hydrogens is 210 g/mol. The molecule has 0 aliphatic carbocycles. The van der Waals surface area contributed by atoms with Crippen LogP contribution in [0.5, 0.6) is 0 Å². The van der Waals surface area contributed by atoms with Gasteiger partial charge in [0.2, 0.25) is 5.78 Å². The third kappa shape index (κ3) is 1.55. The Balaban J connectivity index is 2.51. The molecule has 0 saturated heterocycles. The number of nitrogen functional groups attached to an aromatic ring is 1. The summed E-state index contributed by atoms with van der Waals surface area (Å²) in [6.45, 7) is 1.79. The third-order valence-electron chi connectivity index (χ3n) is 2.24. The molecule has 0 aliphatic heterocycles. The SMILES string of the molecule is Cc1nn(C)c(N)c1C(=O)c1cccs1. The van der Waals surface area contributed by atoms with E-state index in [1.807, 2.05) is 11.4 Å². The summed E-state index contributed by atoms with van der Waals surface area (Å²) in [7, 11) is 1.73. The van der Waals surface area contributed by atoms with Crippen molar-refractivity contribution in [3.63, 3.8) is 0 Å². The van der Waals surface area contributed by atoms with Crippen molar-refractivity contribution in [2.24, 2.45) is 7.05 Å². The van der Waals surface area contributed by atoms with E-state index < -0.39 is 0 Å². The van der Waals surface area contributed by atoms with E-state index in [-0.39, 0.29) is 5.78 Å². The number of hydrogen-bond acceptors (Lipinski definition) is 4. The molecule has 2 aromatic rings. The van der Waals surface area contributed by atoms with Crippen molar-refractivity contribution in [1.82, 2.24) is 9.78 Å². The average molecular weight is 221 g/mol. The van der Waals surface area contributed by atoms with Crippen LogP contribution in [0.3, 0.4) is 0 Å². The molecule has 0 atom stereocenters. The first-order valence-corrected chi connectivity index (χ1v) is 5.36. The molecule has 0 spiro atoms. The Bertz CT molecular complexity index is 499. The second-order valence-corrected chi connectivity index (χ2v) is 4.22. The molecule has 0 unspecified atom stereocenters. The van der Waals surface area contributed by atoms with Gasteiger partial charge in [0, 0.05) is 7.05 Å². The zero-order valence-electron chi connectivity index (χ0n) is 8.52. The molecule has 0 aliphatic rings. The standard InChI is InChI=1S/C10H11N3OS/c1-6-8(10(11)13(2)12-6)9(14)7-4-3-5-15-7/h3-5H,11H2,1-2H3. The Morgan fingerprint density at radius 1 is 1.60 bits per heavy atom. The van der Waals surface area contributed by atoms with E-state index >= 15 is 0 Å². The van der Waals surface area contributed by atoms with E-state index in [0.717, 1.165) is 0 Å². The zero-order valence-corrected chi connectivity index (χ0v) is 9.34. The molecule has 0 bridgehead atoms. The number of nitrogens with two attached hydrogens (primary N) is 1. The molecule has 0 aromatic carbocycles. The van der Waals surface area contributed by atoms with Crippen LogP contribution in [0, 0.1) is 6.92 Å². The Hall–Kier alpha value is -1.62. The summed E-state index contributed by atoms with van der Waals surface area (Å²) < 4.78 is 1.52. The van der Waals surface area contributed by atoms with E-state index in [4.69, 9.17) is 5.73 Å². The van der Waals surface area contributed by atoms with Gasteiger partial charge in [-0.15, -0.1) is 11.3 Å². The number of hydrogen-bond donors (Lipinski definition) is 1. The highest BCUT2D eigenvalue weighted by Gasteiger charge is 2.19. The summed E-state index contributed by atoms with van der Waals surface area (Å²) in [5.74, 6) is 0.374. The molecule has 2 rings (SSSR count). The predicted molar refractivity (Wildman–Crippen MR) is 60.1 cm³/mol. The summed E-state index contributed by atoms with van der Waals surface area (Å²) in [6.07, 6.45) is 0. The first-order valence-electron chi connectivity index (χ1n) is 4.48. The van der Waals surface area contributed by atoms with E-state index in [2.05, 4.69) is 5.10 Å². The number of rotatable bonds is 2. The highest BCUT2D eigenvalue weighted by atomic mass is 32.1. The van der Waals surface area contributed by atoms with Crippen LogP contribution in [0.2, 0.25) is 0 Å². The van der Waals surface area contributed by atoms with Crippen molar-refractivity contribution < 1.29 is 4.79 Å². The topological polar surface area (TPSA) is 60.9 Å². The molecule has 2 aromatic heterocycles. The van der Waals surface area contributed by atoms with Crippen molar-refractivity contribution in [2.75, 3.05) is 5.73 Å². The number of anilines is 1. The number of carbonyl (C=O) groups is 1. The lowest BCUT2D eigenvalue weighted by molar-refractivity contribution is 0.104. The van der Waals surface area contributed by atoms with Crippen LogP contribution < -0.4 is 5.73 Å². The van der Waals surface area contributed by atoms with Crippen molar-refractivity contribution in [1.29, 1.82) is 0 Å². The summed E-state index contributed by atoms with van der Waals surface area (Å²) >= 11 is 1.41. The third-order valence-corrected chi connectivity index (χ3v) is 3.11. The van der Waals surface area contributed by atoms with Gasteiger partial charge in [-0.25, -0.2) is 0 Å². The fourth-order valence-electron chi connectivity index (χ4n) is 1.49. The Morgan fingerprint density at radius 2 is 2.33 bits per heavy atom. The average Bonchev–Trinajstić information content (AvgIpc) is 2.76. The highest BCUT2D eigenvalue weighted by Crippen LogP contribution is 2.21. The quantitative estimate of drug-likeness (QED) is 0.783. The van der Waals surface area contributed by atoms with E-state index in [1.54, 1.807) is 20.0 Å². The Labute approximate surface area is 91.3 Å². The second-order valence-electron chi connectivity index (χ2n) is 3.28. The van der Waals surface area contributed by atoms with Crippen molar-refractivity contribution in [3.8, 4) is 0 Å². The monoisotopic (exact) mass is 221 g/mol. The molecule has 0 saturated carbocycles. The van der Waals surface area contributed by atoms with Gasteiger partial charge in [0.1, 0.15) is 5.82 Å². The normalized spacial score (nSPS) is 10.5. The molecule has 15 heavy (non-hydrogen) atoms. The van der Waals surface area contributed by atoms with Crippen LogP contribution in [-0.2, 0) is 7.05 Å². The van der Waals surface area contributed by atoms with Crippen LogP contribution in [0.4, 0.5) is 5.82 Å². The maximum absolute atomic E-state index is 12.0. The fourth-order valence-corrected chi connectivity index (χ4v) is 2.16. The van der Waals surface area contributed by atoms with Crippen LogP contribution in [0.25, 0.3) is 0 Å². The molecule has 4 nitrogen and oxygen atoms in total. The number of aromatic nitrogens is 2. The van der Waals surface area contributed by atoms with Crippen molar-refractivity contribution >= 4 is 22.9 Å². The molecule has 0 fully saturated rings. The smallest absolute Gasteiger partial charge is 0.208 e. The minimum absolute atomic E-state index is 0.0481. The van der Waals surface area contributed by atoms with Crippen LogP contribution in [0.15, 0.2) is 17.5 Å². The second kappa shape index (κ2) is 3.51. The van der Waals surface area contributed by atoms with E-state index in [1.165, 1.54) is 16.0 Å². The Morgan fingerprint density at radius 3 is 2.80 bits per heavy atom. The first-order chi connectivity index (χ1) is 7.11. The van der Waals surface area contributed by atoms with Gasteiger partial charge in [0.25, 0.3) is 0 Å². The number of ketones is 1. The van der Waals surface area contributed by atoms with Gasteiger partial charge < -0.3 is 5.73 Å². The van der Waals surface area contributed by atoms with Crippen LogP contribution >= 0.6 is 11.3 Å². The van der Waals surface area contributed by atoms with Gasteiger partial charge in [0.05, 0.1) is 16.1 Å². The highest BCUT2D eigenvalue weighted by molar-refractivity contribution is 7.12. The molecule has 5 heteroatoms. The minimum Gasteiger partial charge on any atom is -0.383 e.